The molecule has 29 heavy (non-hydrogen) atoms. The maximum atomic E-state index is 13.1. The molecule has 5 rings (SSSR count). The van der Waals surface area contributed by atoms with E-state index in [2.05, 4.69) is 40.2 Å². The normalized spacial score (nSPS) is 15.3. The van der Waals surface area contributed by atoms with E-state index in [1.807, 2.05) is 42.6 Å². The Bertz CT molecular complexity index is 1220. The Morgan fingerprint density at radius 1 is 1.07 bits per heavy atom. The van der Waals surface area contributed by atoms with Crippen LogP contribution in [0, 0.1) is 5.41 Å². The number of rotatable bonds is 3. The third-order valence-corrected chi connectivity index (χ3v) is 5.48. The van der Waals surface area contributed by atoms with E-state index in [4.69, 9.17) is 0 Å². The van der Waals surface area contributed by atoms with Crippen LogP contribution >= 0.6 is 0 Å². The molecule has 1 aliphatic rings. The fourth-order valence-electron chi connectivity index (χ4n) is 4.20. The highest BCUT2D eigenvalue weighted by molar-refractivity contribution is 6.07. The van der Waals surface area contributed by atoms with Crippen molar-refractivity contribution in [1.82, 2.24) is 15.0 Å². The molecule has 0 radical (unpaired) electrons. The number of H-pyrrole nitrogens is 1. The number of aromatic nitrogens is 3. The minimum atomic E-state index is -0.0494. The zero-order valence-corrected chi connectivity index (χ0v) is 16.5. The number of ketones is 1. The van der Waals surface area contributed by atoms with E-state index >= 15 is 0 Å². The van der Waals surface area contributed by atoms with Gasteiger partial charge >= 0.3 is 0 Å². The molecule has 3 aromatic heterocycles. The van der Waals surface area contributed by atoms with Gasteiger partial charge in [-0.25, -0.2) is 0 Å². The van der Waals surface area contributed by atoms with Crippen LogP contribution in [0.4, 0.5) is 11.4 Å². The molecule has 0 fully saturated rings. The van der Waals surface area contributed by atoms with Gasteiger partial charge in [0, 0.05) is 35.5 Å². The third kappa shape index (κ3) is 3.18. The lowest BCUT2D eigenvalue weighted by Crippen LogP contribution is -2.26. The molecule has 5 nitrogen and oxygen atoms in total. The number of aromatic amines is 1. The van der Waals surface area contributed by atoms with Crippen LogP contribution in [0.15, 0.2) is 61.1 Å². The molecule has 4 aromatic rings. The number of nitrogens with one attached hydrogen (secondary N) is 2. The maximum Gasteiger partial charge on any atom is 0.167 e. The van der Waals surface area contributed by atoms with E-state index in [0.29, 0.717) is 6.42 Å². The molecule has 1 aromatic carbocycles. The standard InChI is InChI=1S/C24H22N4O/c1-24(2)12-19-21(20(29)13-24)23(22(28-19)15-7-9-25-10-8-15)27-17-11-16-5-3-4-6-18(16)26-14-17/h3-11,14,27-28H,12-13H2,1-2H3. The second kappa shape index (κ2) is 6.55. The predicted molar refractivity (Wildman–Crippen MR) is 115 cm³/mol. The zero-order valence-electron chi connectivity index (χ0n) is 16.5. The first-order valence-electron chi connectivity index (χ1n) is 9.80. The van der Waals surface area contributed by atoms with Gasteiger partial charge in [0.25, 0.3) is 0 Å². The topological polar surface area (TPSA) is 70.7 Å². The van der Waals surface area contributed by atoms with Crippen molar-refractivity contribution in [1.29, 1.82) is 0 Å². The molecule has 0 aliphatic heterocycles. The summed E-state index contributed by atoms with van der Waals surface area (Å²) < 4.78 is 0. The molecule has 0 amide bonds. The van der Waals surface area contributed by atoms with Crippen molar-refractivity contribution < 1.29 is 4.79 Å². The Morgan fingerprint density at radius 2 is 1.86 bits per heavy atom. The summed E-state index contributed by atoms with van der Waals surface area (Å²) in [4.78, 5) is 25.3. The fourth-order valence-corrected chi connectivity index (χ4v) is 4.20. The van der Waals surface area contributed by atoms with E-state index in [1.54, 1.807) is 12.4 Å². The minimum Gasteiger partial charge on any atom is -0.356 e. The van der Waals surface area contributed by atoms with Crippen molar-refractivity contribution in [2.24, 2.45) is 5.41 Å². The molecule has 1 aliphatic carbocycles. The molecule has 0 saturated heterocycles. The van der Waals surface area contributed by atoms with Gasteiger partial charge in [0.05, 0.1) is 34.3 Å². The molecule has 144 valence electrons. The number of hydrogen-bond donors (Lipinski definition) is 2. The highest BCUT2D eigenvalue weighted by atomic mass is 16.1. The van der Waals surface area contributed by atoms with Crippen LogP contribution in [-0.4, -0.2) is 20.7 Å². The first-order valence-corrected chi connectivity index (χ1v) is 9.80. The van der Waals surface area contributed by atoms with Gasteiger partial charge in [-0.05, 0) is 36.1 Å². The van der Waals surface area contributed by atoms with Gasteiger partial charge in [-0.15, -0.1) is 0 Å². The van der Waals surface area contributed by atoms with Crippen LogP contribution in [0.2, 0.25) is 0 Å². The van der Waals surface area contributed by atoms with Gasteiger partial charge in [0.1, 0.15) is 0 Å². The van der Waals surface area contributed by atoms with E-state index in [1.165, 1.54) is 0 Å². The Balaban J connectivity index is 1.66. The number of hydrogen-bond acceptors (Lipinski definition) is 4. The number of pyridine rings is 2. The van der Waals surface area contributed by atoms with Crippen molar-refractivity contribution >= 4 is 28.1 Å². The number of benzene rings is 1. The molecule has 2 N–H and O–H groups in total. The van der Waals surface area contributed by atoms with Crippen molar-refractivity contribution in [3.05, 3.63) is 72.3 Å². The average Bonchev–Trinajstić information content (AvgIpc) is 3.05. The number of para-hydroxylation sites is 1. The quantitative estimate of drug-likeness (QED) is 0.489. The first kappa shape index (κ1) is 17.6. The molecule has 0 spiro atoms. The summed E-state index contributed by atoms with van der Waals surface area (Å²) in [7, 11) is 0. The van der Waals surface area contributed by atoms with Crippen LogP contribution in [0.1, 0.15) is 36.3 Å². The van der Waals surface area contributed by atoms with Crippen LogP contribution in [0.25, 0.3) is 22.2 Å². The lowest BCUT2D eigenvalue weighted by Gasteiger charge is -2.28. The summed E-state index contributed by atoms with van der Waals surface area (Å²) in [5.74, 6) is 0.170. The molecule has 0 saturated carbocycles. The molecule has 3 heterocycles. The third-order valence-electron chi connectivity index (χ3n) is 5.48. The Kier molecular flexibility index (Phi) is 3.98. The van der Waals surface area contributed by atoms with Crippen LogP contribution in [0.3, 0.4) is 0 Å². The highest BCUT2D eigenvalue weighted by Crippen LogP contribution is 2.43. The SMILES string of the molecule is CC1(C)CC(=O)c2c([nH]c(-c3ccncc3)c2Nc2cnc3ccccc3c2)C1. The van der Waals surface area contributed by atoms with Crippen molar-refractivity contribution in [2.75, 3.05) is 5.32 Å². The Labute approximate surface area is 169 Å². The van der Waals surface area contributed by atoms with Crippen LogP contribution in [0.5, 0.6) is 0 Å². The highest BCUT2D eigenvalue weighted by Gasteiger charge is 2.35. The molecular formula is C24H22N4O. The first-order chi connectivity index (χ1) is 14.0. The largest absolute Gasteiger partial charge is 0.356 e. The summed E-state index contributed by atoms with van der Waals surface area (Å²) in [6, 6.07) is 14.0. The summed E-state index contributed by atoms with van der Waals surface area (Å²) >= 11 is 0. The Hall–Kier alpha value is -3.47. The smallest absolute Gasteiger partial charge is 0.167 e. The monoisotopic (exact) mass is 382 g/mol. The number of nitrogens with zero attached hydrogens (tertiary/aromatic N) is 2. The average molecular weight is 382 g/mol. The van der Waals surface area contributed by atoms with E-state index in [9.17, 15) is 4.79 Å². The van der Waals surface area contributed by atoms with Gasteiger partial charge in [-0.1, -0.05) is 32.0 Å². The fraction of sp³-hybridized carbons (Fsp3) is 0.208. The predicted octanol–water partition coefficient (Wildman–Crippen LogP) is 5.52. The summed E-state index contributed by atoms with van der Waals surface area (Å²) in [6.07, 6.45) is 6.72. The second-order valence-electron chi connectivity index (χ2n) is 8.45. The van der Waals surface area contributed by atoms with Crippen molar-refractivity contribution in [2.45, 2.75) is 26.7 Å². The van der Waals surface area contributed by atoms with Gasteiger partial charge in [0.15, 0.2) is 5.78 Å². The molecular weight excluding hydrogens is 360 g/mol. The molecule has 0 unspecified atom stereocenters. The zero-order chi connectivity index (χ0) is 20.0. The van der Waals surface area contributed by atoms with E-state index in [0.717, 1.165) is 51.2 Å². The number of anilines is 2. The number of carbonyl (C=O) groups excluding carboxylic acids is 1. The number of Topliss-reactive ketones (excluding diaryl/α,β-unsaturated/α-hetero) is 1. The van der Waals surface area contributed by atoms with Gasteiger partial charge in [-0.2, -0.15) is 0 Å². The van der Waals surface area contributed by atoms with Crippen LogP contribution < -0.4 is 5.32 Å². The van der Waals surface area contributed by atoms with Crippen LogP contribution in [-0.2, 0) is 6.42 Å². The summed E-state index contributed by atoms with van der Waals surface area (Å²) in [6.45, 7) is 4.28. The van der Waals surface area contributed by atoms with Crippen molar-refractivity contribution in [3.63, 3.8) is 0 Å². The van der Waals surface area contributed by atoms with Gasteiger partial charge in [0.2, 0.25) is 0 Å². The number of carbonyl (C=O) groups is 1. The summed E-state index contributed by atoms with van der Waals surface area (Å²) in [5, 5.41) is 4.55. The molecule has 0 bridgehead atoms. The second-order valence-corrected chi connectivity index (χ2v) is 8.45. The lowest BCUT2D eigenvalue weighted by atomic mass is 9.76. The maximum absolute atomic E-state index is 13.1. The number of fused-ring (bicyclic) bond motifs is 2. The molecule has 5 heteroatoms. The summed E-state index contributed by atoms with van der Waals surface area (Å²) in [5.41, 5.74) is 6.25. The van der Waals surface area contributed by atoms with E-state index in [-0.39, 0.29) is 11.2 Å². The van der Waals surface area contributed by atoms with Crippen molar-refractivity contribution in [3.8, 4) is 11.3 Å². The minimum absolute atomic E-state index is 0.0494. The lowest BCUT2D eigenvalue weighted by molar-refractivity contribution is 0.0912. The van der Waals surface area contributed by atoms with E-state index < -0.39 is 0 Å². The Morgan fingerprint density at radius 3 is 2.69 bits per heavy atom. The van der Waals surface area contributed by atoms with Gasteiger partial charge < -0.3 is 10.3 Å². The van der Waals surface area contributed by atoms with Gasteiger partial charge in [-0.3, -0.25) is 14.8 Å². The molecule has 0 atom stereocenters.